The molecule has 1 unspecified atom stereocenters. The third kappa shape index (κ3) is 3.82. The van der Waals surface area contributed by atoms with Gasteiger partial charge in [-0.2, -0.15) is 0 Å². The summed E-state index contributed by atoms with van der Waals surface area (Å²) in [5, 5.41) is 3.57. The quantitative estimate of drug-likeness (QED) is 0.716. The summed E-state index contributed by atoms with van der Waals surface area (Å²) in [7, 11) is 0. The maximum atomic E-state index is 3.75. The average molecular weight is 217 g/mol. The van der Waals surface area contributed by atoms with Crippen LogP contribution >= 0.6 is 0 Å². The lowest BCUT2D eigenvalue weighted by Crippen LogP contribution is -2.25. The van der Waals surface area contributed by atoms with E-state index in [0.717, 1.165) is 19.4 Å². The van der Waals surface area contributed by atoms with E-state index in [0.29, 0.717) is 6.04 Å². The molecule has 0 fully saturated rings. The second-order valence-electron chi connectivity index (χ2n) is 4.52. The van der Waals surface area contributed by atoms with Crippen molar-refractivity contribution in [3.63, 3.8) is 0 Å². The van der Waals surface area contributed by atoms with Crippen LogP contribution in [0.15, 0.2) is 30.9 Å². The Balaban J connectivity index is 2.51. The second kappa shape index (κ2) is 6.49. The largest absolute Gasteiger partial charge is 0.310 e. The number of allylic oxidation sites excluding steroid dienone is 1. The Bertz CT molecular complexity index is 321. The molecular weight excluding hydrogens is 194 g/mol. The maximum absolute atomic E-state index is 3.75. The minimum Gasteiger partial charge on any atom is -0.310 e. The maximum Gasteiger partial charge on any atom is 0.0213 e. The van der Waals surface area contributed by atoms with Crippen LogP contribution in [0.5, 0.6) is 0 Å². The fourth-order valence-corrected chi connectivity index (χ4v) is 1.87. The van der Waals surface area contributed by atoms with Crippen LogP contribution in [0.1, 0.15) is 36.5 Å². The van der Waals surface area contributed by atoms with E-state index < -0.39 is 0 Å². The molecule has 0 bridgehead atoms. The fraction of sp³-hybridized carbons (Fsp3) is 0.467. The Hall–Kier alpha value is -1.08. The lowest BCUT2D eigenvalue weighted by molar-refractivity contribution is 0.516. The molecule has 16 heavy (non-hydrogen) atoms. The van der Waals surface area contributed by atoms with Gasteiger partial charge in [-0.05, 0) is 50.3 Å². The van der Waals surface area contributed by atoms with Gasteiger partial charge in [0.1, 0.15) is 0 Å². The van der Waals surface area contributed by atoms with Crippen molar-refractivity contribution in [2.24, 2.45) is 0 Å². The minimum atomic E-state index is 0.553. The normalized spacial score (nSPS) is 12.4. The number of nitrogens with one attached hydrogen (secondary N) is 1. The first kappa shape index (κ1) is 13.0. The topological polar surface area (TPSA) is 12.0 Å². The first-order chi connectivity index (χ1) is 7.65. The van der Waals surface area contributed by atoms with Crippen molar-refractivity contribution in [3.8, 4) is 0 Å². The van der Waals surface area contributed by atoms with Crippen LogP contribution in [-0.2, 0) is 6.54 Å². The first-order valence-corrected chi connectivity index (χ1v) is 6.04. The van der Waals surface area contributed by atoms with Gasteiger partial charge in [0.25, 0.3) is 0 Å². The molecule has 0 aromatic heterocycles. The summed E-state index contributed by atoms with van der Waals surface area (Å²) in [5.74, 6) is 0. The van der Waals surface area contributed by atoms with Crippen molar-refractivity contribution in [1.82, 2.24) is 5.32 Å². The number of rotatable bonds is 6. The molecular formula is C15H23N. The van der Waals surface area contributed by atoms with E-state index in [1.807, 2.05) is 6.08 Å². The highest BCUT2D eigenvalue weighted by atomic mass is 14.9. The molecule has 1 rings (SSSR count). The van der Waals surface area contributed by atoms with Gasteiger partial charge < -0.3 is 5.32 Å². The molecule has 0 aliphatic rings. The highest BCUT2D eigenvalue weighted by molar-refractivity contribution is 5.33. The van der Waals surface area contributed by atoms with Gasteiger partial charge in [-0.1, -0.05) is 24.3 Å². The molecule has 0 saturated carbocycles. The summed E-state index contributed by atoms with van der Waals surface area (Å²) in [6.07, 6.45) is 4.23. The molecule has 0 aliphatic heterocycles. The predicted molar refractivity (Wildman–Crippen MR) is 71.6 cm³/mol. The van der Waals surface area contributed by atoms with E-state index in [9.17, 15) is 0 Å². The molecule has 0 heterocycles. The van der Waals surface area contributed by atoms with Gasteiger partial charge in [-0.25, -0.2) is 0 Å². The molecule has 0 aliphatic carbocycles. The smallest absolute Gasteiger partial charge is 0.0213 e. The monoisotopic (exact) mass is 217 g/mol. The molecule has 1 nitrogen and oxygen atoms in total. The summed E-state index contributed by atoms with van der Waals surface area (Å²) in [6, 6.07) is 7.03. The van der Waals surface area contributed by atoms with E-state index in [-0.39, 0.29) is 0 Å². The van der Waals surface area contributed by atoms with E-state index >= 15 is 0 Å². The predicted octanol–water partition coefficient (Wildman–Crippen LogP) is 3.75. The van der Waals surface area contributed by atoms with Crippen molar-refractivity contribution in [2.45, 2.75) is 46.2 Å². The number of hydrogen-bond donors (Lipinski definition) is 1. The van der Waals surface area contributed by atoms with Crippen LogP contribution in [0.4, 0.5) is 0 Å². The van der Waals surface area contributed by atoms with Crippen LogP contribution in [0.3, 0.4) is 0 Å². The number of hydrogen-bond acceptors (Lipinski definition) is 1. The summed E-state index contributed by atoms with van der Waals surface area (Å²) >= 11 is 0. The number of aryl methyl sites for hydroxylation is 2. The summed E-state index contributed by atoms with van der Waals surface area (Å²) in [6.45, 7) is 11.3. The van der Waals surface area contributed by atoms with Crippen LogP contribution in [0.25, 0.3) is 0 Å². The van der Waals surface area contributed by atoms with Gasteiger partial charge in [-0.15, -0.1) is 6.58 Å². The van der Waals surface area contributed by atoms with E-state index in [1.165, 1.54) is 16.7 Å². The Morgan fingerprint density at radius 2 is 1.94 bits per heavy atom. The summed E-state index contributed by atoms with van der Waals surface area (Å²) in [4.78, 5) is 0. The third-order valence-corrected chi connectivity index (χ3v) is 3.08. The van der Waals surface area contributed by atoms with Crippen molar-refractivity contribution in [3.05, 3.63) is 47.5 Å². The van der Waals surface area contributed by atoms with Crippen molar-refractivity contribution in [1.29, 1.82) is 0 Å². The number of benzene rings is 1. The second-order valence-corrected chi connectivity index (χ2v) is 4.52. The highest BCUT2D eigenvalue weighted by Crippen LogP contribution is 2.13. The standard InChI is InChI=1S/C15H23N/c1-5-6-10-14(4)16-11-15-12(2)8-7-9-13(15)3/h5,7-9,14,16H,1,6,10-11H2,2-4H3. The molecule has 1 N–H and O–H groups in total. The van der Waals surface area contributed by atoms with Crippen molar-refractivity contribution >= 4 is 0 Å². The van der Waals surface area contributed by atoms with E-state index in [2.05, 4.69) is 50.9 Å². The molecule has 1 aromatic rings. The average Bonchev–Trinajstić information content (AvgIpc) is 2.25. The first-order valence-electron chi connectivity index (χ1n) is 6.04. The molecule has 1 aromatic carbocycles. The summed E-state index contributed by atoms with van der Waals surface area (Å²) < 4.78 is 0. The summed E-state index contributed by atoms with van der Waals surface area (Å²) in [5.41, 5.74) is 4.19. The molecule has 1 atom stereocenters. The highest BCUT2D eigenvalue weighted by Gasteiger charge is 2.04. The Kier molecular flexibility index (Phi) is 5.27. The fourth-order valence-electron chi connectivity index (χ4n) is 1.87. The van der Waals surface area contributed by atoms with E-state index in [1.54, 1.807) is 0 Å². The molecule has 1 heteroatoms. The van der Waals surface area contributed by atoms with Gasteiger partial charge in [0.05, 0.1) is 0 Å². The zero-order valence-electron chi connectivity index (χ0n) is 10.7. The molecule has 0 amide bonds. The molecule has 0 radical (unpaired) electrons. The minimum absolute atomic E-state index is 0.553. The third-order valence-electron chi connectivity index (χ3n) is 3.08. The lowest BCUT2D eigenvalue weighted by Gasteiger charge is -2.15. The van der Waals surface area contributed by atoms with Gasteiger partial charge in [0, 0.05) is 12.6 Å². The van der Waals surface area contributed by atoms with Crippen molar-refractivity contribution in [2.75, 3.05) is 0 Å². The molecule has 88 valence electrons. The Morgan fingerprint density at radius 3 is 2.50 bits per heavy atom. The Morgan fingerprint density at radius 1 is 1.31 bits per heavy atom. The SMILES string of the molecule is C=CCCC(C)NCc1c(C)cccc1C. The van der Waals surface area contributed by atoms with Crippen molar-refractivity contribution < 1.29 is 0 Å². The molecule has 0 saturated heterocycles. The van der Waals surface area contributed by atoms with Gasteiger partial charge in [0.2, 0.25) is 0 Å². The zero-order valence-corrected chi connectivity index (χ0v) is 10.7. The van der Waals surface area contributed by atoms with Gasteiger partial charge in [-0.3, -0.25) is 0 Å². The van der Waals surface area contributed by atoms with Crippen LogP contribution < -0.4 is 5.32 Å². The van der Waals surface area contributed by atoms with Gasteiger partial charge in [0.15, 0.2) is 0 Å². The molecule has 0 spiro atoms. The van der Waals surface area contributed by atoms with Crippen LogP contribution in [0, 0.1) is 13.8 Å². The zero-order chi connectivity index (χ0) is 12.0. The van der Waals surface area contributed by atoms with Crippen LogP contribution in [0.2, 0.25) is 0 Å². The van der Waals surface area contributed by atoms with E-state index in [4.69, 9.17) is 0 Å². The van der Waals surface area contributed by atoms with Crippen LogP contribution in [-0.4, -0.2) is 6.04 Å². The van der Waals surface area contributed by atoms with Gasteiger partial charge >= 0.3 is 0 Å². The lowest BCUT2D eigenvalue weighted by atomic mass is 10.0. The Labute approximate surface area is 99.6 Å².